The molecule has 0 radical (unpaired) electrons. The summed E-state index contributed by atoms with van der Waals surface area (Å²) in [7, 11) is 1.55. The van der Waals surface area contributed by atoms with Crippen LogP contribution < -0.4 is 15.0 Å². The minimum atomic E-state index is -0.212. The second-order valence-electron chi connectivity index (χ2n) is 8.52. The number of methoxy groups -OCH3 is 1. The molecule has 8 heteroatoms. The van der Waals surface area contributed by atoms with Crippen molar-refractivity contribution in [1.82, 2.24) is 14.7 Å². The molecule has 4 aromatic rings. The molecule has 1 saturated heterocycles. The number of fused-ring (bicyclic) bond motifs is 1. The summed E-state index contributed by atoms with van der Waals surface area (Å²) in [6, 6.07) is 14.7. The molecule has 1 atom stereocenters. The Balaban J connectivity index is 1.32. The SMILES string of the molecule is COc1cc(CO)c(-c2cn3ccc(N4CC[C@H](NCc5ccc(F)cc5)C4)cc3n2)cc1Cl. The highest BCUT2D eigenvalue weighted by Crippen LogP contribution is 2.34. The maximum atomic E-state index is 13.1. The smallest absolute Gasteiger partial charge is 0.139 e. The molecule has 0 bridgehead atoms. The highest BCUT2D eigenvalue weighted by Gasteiger charge is 2.23. The zero-order valence-electron chi connectivity index (χ0n) is 18.8. The first-order chi connectivity index (χ1) is 16.5. The number of aromatic nitrogens is 2. The molecule has 2 aromatic heterocycles. The summed E-state index contributed by atoms with van der Waals surface area (Å²) in [5.74, 6) is 0.313. The number of anilines is 1. The Morgan fingerprint density at radius 3 is 2.79 bits per heavy atom. The van der Waals surface area contributed by atoms with E-state index in [9.17, 15) is 9.50 Å². The van der Waals surface area contributed by atoms with Crippen molar-refractivity contribution in [3.8, 4) is 17.0 Å². The minimum absolute atomic E-state index is 0.137. The van der Waals surface area contributed by atoms with E-state index in [4.69, 9.17) is 21.3 Å². The first-order valence-corrected chi connectivity index (χ1v) is 11.6. The van der Waals surface area contributed by atoms with Crippen molar-refractivity contribution in [1.29, 1.82) is 0 Å². The Labute approximate surface area is 202 Å². The van der Waals surface area contributed by atoms with Crippen molar-refractivity contribution in [2.45, 2.75) is 25.6 Å². The fourth-order valence-electron chi connectivity index (χ4n) is 4.44. The largest absolute Gasteiger partial charge is 0.495 e. The van der Waals surface area contributed by atoms with Crippen LogP contribution in [0, 0.1) is 5.82 Å². The number of benzene rings is 2. The Bertz CT molecular complexity index is 1310. The molecule has 0 spiro atoms. The fraction of sp³-hybridized carbons (Fsp3) is 0.269. The molecule has 2 N–H and O–H groups in total. The van der Waals surface area contributed by atoms with Gasteiger partial charge in [0, 0.05) is 55.4 Å². The molecular formula is C26H26ClFN4O2. The molecule has 0 aliphatic carbocycles. The van der Waals surface area contributed by atoms with Gasteiger partial charge in [0.2, 0.25) is 0 Å². The molecule has 3 heterocycles. The molecular weight excluding hydrogens is 455 g/mol. The third-order valence-corrected chi connectivity index (χ3v) is 6.62. The number of halogens is 2. The van der Waals surface area contributed by atoms with Crippen LogP contribution in [-0.2, 0) is 13.2 Å². The lowest BCUT2D eigenvalue weighted by atomic mass is 10.1. The summed E-state index contributed by atoms with van der Waals surface area (Å²) < 4.78 is 20.3. The van der Waals surface area contributed by atoms with Crippen LogP contribution in [0.3, 0.4) is 0 Å². The van der Waals surface area contributed by atoms with Crippen molar-refractivity contribution in [2.75, 3.05) is 25.1 Å². The minimum Gasteiger partial charge on any atom is -0.495 e. The molecule has 176 valence electrons. The molecule has 0 amide bonds. The maximum absolute atomic E-state index is 13.1. The molecule has 1 aliphatic heterocycles. The highest BCUT2D eigenvalue weighted by atomic mass is 35.5. The van der Waals surface area contributed by atoms with E-state index in [1.165, 1.54) is 12.1 Å². The number of aliphatic hydroxyl groups is 1. The van der Waals surface area contributed by atoms with Gasteiger partial charge in [0.05, 0.1) is 24.4 Å². The summed E-state index contributed by atoms with van der Waals surface area (Å²) >= 11 is 6.33. The van der Waals surface area contributed by atoms with E-state index in [2.05, 4.69) is 22.3 Å². The zero-order valence-corrected chi connectivity index (χ0v) is 19.6. The number of hydrogen-bond acceptors (Lipinski definition) is 5. The van der Waals surface area contributed by atoms with Crippen LogP contribution in [0.2, 0.25) is 5.02 Å². The van der Waals surface area contributed by atoms with E-state index in [0.29, 0.717) is 22.4 Å². The highest BCUT2D eigenvalue weighted by molar-refractivity contribution is 6.32. The Hall–Kier alpha value is -3.13. The van der Waals surface area contributed by atoms with E-state index in [1.54, 1.807) is 19.2 Å². The molecule has 6 nitrogen and oxygen atoms in total. The molecule has 1 fully saturated rings. The van der Waals surface area contributed by atoms with Gasteiger partial charge >= 0.3 is 0 Å². The van der Waals surface area contributed by atoms with Crippen LogP contribution in [0.25, 0.3) is 16.9 Å². The van der Waals surface area contributed by atoms with Crippen LogP contribution >= 0.6 is 11.6 Å². The van der Waals surface area contributed by atoms with E-state index >= 15 is 0 Å². The number of nitrogens with zero attached hydrogens (tertiary/aromatic N) is 3. The lowest BCUT2D eigenvalue weighted by molar-refractivity contribution is 0.281. The molecule has 34 heavy (non-hydrogen) atoms. The van der Waals surface area contributed by atoms with Gasteiger partial charge in [-0.05, 0) is 47.9 Å². The number of nitrogens with one attached hydrogen (secondary N) is 1. The van der Waals surface area contributed by atoms with Gasteiger partial charge in [-0.3, -0.25) is 0 Å². The van der Waals surface area contributed by atoms with Crippen LogP contribution in [0.5, 0.6) is 5.75 Å². The third-order valence-electron chi connectivity index (χ3n) is 6.33. The lowest BCUT2D eigenvalue weighted by Gasteiger charge is -2.19. The lowest BCUT2D eigenvalue weighted by Crippen LogP contribution is -2.32. The van der Waals surface area contributed by atoms with Crippen molar-refractivity contribution in [3.63, 3.8) is 0 Å². The maximum Gasteiger partial charge on any atom is 0.139 e. The number of aliphatic hydroxyl groups excluding tert-OH is 1. The Morgan fingerprint density at radius 2 is 2.03 bits per heavy atom. The first-order valence-electron chi connectivity index (χ1n) is 11.2. The van der Waals surface area contributed by atoms with Gasteiger partial charge in [0.25, 0.3) is 0 Å². The number of imidazole rings is 1. The first kappa shape index (κ1) is 22.7. The summed E-state index contributed by atoms with van der Waals surface area (Å²) in [5, 5.41) is 13.9. The normalized spacial score (nSPS) is 15.9. The summed E-state index contributed by atoms with van der Waals surface area (Å²) in [6.45, 7) is 2.43. The van der Waals surface area contributed by atoms with Gasteiger partial charge in [0.15, 0.2) is 0 Å². The topological polar surface area (TPSA) is 62.0 Å². The molecule has 0 saturated carbocycles. The van der Waals surface area contributed by atoms with Crippen LogP contribution in [0.4, 0.5) is 10.1 Å². The van der Waals surface area contributed by atoms with Crippen molar-refractivity contribution in [3.05, 3.63) is 82.9 Å². The second kappa shape index (κ2) is 9.62. The van der Waals surface area contributed by atoms with Gasteiger partial charge in [-0.25, -0.2) is 9.37 Å². The predicted molar refractivity (Wildman–Crippen MR) is 132 cm³/mol. The standard InChI is InChI=1S/C26H26ClFN4O2/c1-34-25-10-18(16-33)22(12-23(25)27)24-15-32-9-7-21(11-26(32)30-24)31-8-6-20(14-31)29-13-17-2-4-19(28)5-3-17/h2-5,7,9-12,15,20,29,33H,6,8,13-14,16H2,1H3/t20-/m0/s1. The molecule has 0 unspecified atom stereocenters. The average Bonchev–Trinajstić information content (AvgIpc) is 3.50. The van der Waals surface area contributed by atoms with Gasteiger partial charge in [0.1, 0.15) is 17.2 Å². The second-order valence-corrected chi connectivity index (χ2v) is 8.92. The number of hydrogen-bond donors (Lipinski definition) is 2. The van der Waals surface area contributed by atoms with Crippen molar-refractivity contribution < 1.29 is 14.2 Å². The van der Waals surface area contributed by atoms with Gasteiger partial charge in [-0.15, -0.1) is 0 Å². The summed E-state index contributed by atoms with van der Waals surface area (Å²) in [5.41, 5.74) is 5.25. The van der Waals surface area contributed by atoms with E-state index < -0.39 is 0 Å². The number of ether oxygens (including phenoxy) is 1. The Kier molecular flexibility index (Phi) is 6.41. The third kappa shape index (κ3) is 4.59. The zero-order chi connectivity index (χ0) is 23.7. The van der Waals surface area contributed by atoms with Gasteiger partial charge in [-0.2, -0.15) is 0 Å². The van der Waals surface area contributed by atoms with Crippen molar-refractivity contribution >= 4 is 22.9 Å². The van der Waals surface area contributed by atoms with Crippen LogP contribution in [0.15, 0.2) is 60.9 Å². The van der Waals surface area contributed by atoms with Crippen molar-refractivity contribution in [2.24, 2.45) is 0 Å². The summed E-state index contributed by atoms with van der Waals surface area (Å²) in [4.78, 5) is 7.15. The average molecular weight is 481 g/mol. The van der Waals surface area contributed by atoms with Crippen LogP contribution in [0.1, 0.15) is 17.5 Å². The van der Waals surface area contributed by atoms with E-state index in [0.717, 1.165) is 54.2 Å². The fourth-order valence-corrected chi connectivity index (χ4v) is 4.69. The summed E-state index contributed by atoms with van der Waals surface area (Å²) in [6.07, 6.45) is 4.98. The van der Waals surface area contributed by atoms with Gasteiger partial charge in [-0.1, -0.05) is 23.7 Å². The van der Waals surface area contributed by atoms with E-state index in [-0.39, 0.29) is 12.4 Å². The molecule has 2 aromatic carbocycles. The molecule has 1 aliphatic rings. The van der Waals surface area contributed by atoms with E-state index in [1.807, 2.05) is 28.9 Å². The van der Waals surface area contributed by atoms with Crippen LogP contribution in [-0.4, -0.2) is 40.7 Å². The molecule has 5 rings (SSSR count). The number of rotatable bonds is 7. The predicted octanol–water partition coefficient (Wildman–Crippen LogP) is 4.66. The number of pyridine rings is 1. The monoisotopic (exact) mass is 480 g/mol. The van der Waals surface area contributed by atoms with Gasteiger partial charge < -0.3 is 24.5 Å². The quantitative estimate of drug-likeness (QED) is 0.403. The Morgan fingerprint density at radius 1 is 1.21 bits per heavy atom.